The highest BCUT2D eigenvalue weighted by molar-refractivity contribution is 7.86. The molecule has 0 fully saturated rings. The summed E-state index contributed by atoms with van der Waals surface area (Å²) in [6.45, 7) is 16.6. The summed E-state index contributed by atoms with van der Waals surface area (Å²) >= 11 is 0. The van der Waals surface area contributed by atoms with Gasteiger partial charge in [-0.05, 0) is 48.9 Å². The van der Waals surface area contributed by atoms with Crippen molar-refractivity contribution in [1.29, 1.82) is 0 Å². The average molecular weight is 421 g/mol. The third-order valence-electron chi connectivity index (χ3n) is 3.54. The molecule has 0 aliphatic rings. The predicted octanol–water partition coefficient (Wildman–Crippen LogP) is 5.34. The number of rotatable bonds is 2. The summed E-state index contributed by atoms with van der Waals surface area (Å²) < 4.78 is 64.7. The molecule has 156 valence electrons. The Morgan fingerprint density at radius 3 is 1.48 bits per heavy atom. The lowest BCUT2D eigenvalue weighted by molar-refractivity contribution is 0.479. The maximum absolute atomic E-state index is 11.6. The molecule has 0 unspecified atom stereocenters. The van der Waals surface area contributed by atoms with Gasteiger partial charge in [-0.15, -0.1) is 0 Å². The molecule has 0 heterocycles. The zero-order chi connectivity index (χ0) is 22.2. The van der Waals surface area contributed by atoms with Crippen LogP contribution in [0.4, 0.5) is 0 Å². The van der Waals surface area contributed by atoms with Crippen LogP contribution >= 0.6 is 0 Å². The smallest absolute Gasteiger partial charge is 0.282 e. The van der Waals surface area contributed by atoms with E-state index in [2.05, 4.69) is 0 Å². The lowest BCUT2D eigenvalue weighted by atomic mass is 9.99. The number of fused-ring (bicyclic) bond motifs is 1. The van der Waals surface area contributed by atoms with Crippen LogP contribution in [0.15, 0.2) is 28.0 Å². The summed E-state index contributed by atoms with van der Waals surface area (Å²) in [5, 5.41) is 0.561. The molecule has 0 aliphatic carbocycles. The standard InChI is InChI=1S/C13H14O6S2.3C2H6/c1-7-4-5-10-8(2)9(3)12(20(14,15)16)6-11(10)13(7)21(17,18)19;3*1-2/h4-6H,1-3H3,(H,14,15,16)(H,17,18,19);3*1-2H3. The zero-order valence-electron chi connectivity index (χ0n) is 17.6. The molecule has 0 amide bonds. The van der Waals surface area contributed by atoms with Gasteiger partial charge in [0.1, 0.15) is 4.90 Å². The number of hydrogen-bond acceptors (Lipinski definition) is 4. The monoisotopic (exact) mass is 420 g/mol. The molecule has 0 aromatic heterocycles. The molecule has 0 bridgehead atoms. The molecule has 2 aromatic carbocycles. The van der Waals surface area contributed by atoms with E-state index in [0.29, 0.717) is 16.5 Å². The van der Waals surface area contributed by atoms with E-state index in [1.54, 1.807) is 13.0 Å². The number of benzene rings is 2. The molecule has 0 saturated carbocycles. The average Bonchev–Trinajstić information content (AvgIpc) is 2.61. The summed E-state index contributed by atoms with van der Waals surface area (Å²) in [5.74, 6) is 0. The molecule has 6 nitrogen and oxygen atoms in total. The van der Waals surface area contributed by atoms with E-state index in [0.717, 1.165) is 6.07 Å². The first-order valence-electron chi connectivity index (χ1n) is 8.93. The van der Waals surface area contributed by atoms with Crippen LogP contribution in [0.25, 0.3) is 10.8 Å². The van der Waals surface area contributed by atoms with Gasteiger partial charge in [0.2, 0.25) is 0 Å². The fourth-order valence-electron chi connectivity index (χ4n) is 2.42. The second-order valence-electron chi connectivity index (χ2n) is 4.88. The lowest BCUT2D eigenvalue weighted by Gasteiger charge is -2.14. The summed E-state index contributed by atoms with van der Waals surface area (Å²) in [6.07, 6.45) is 0. The highest BCUT2D eigenvalue weighted by Crippen LogP contribution is 2.33. The second-order valence-corrected chi connectivity index (χ2v) is 7.63. The first kappa shape index (κ1) is 27.7. The molecule has 0 aliphatic heterocycles. The molecule has 0 radical (unpaired) electrons. The molecule has 2 rings (SSSR count). The van der Waals surface area contributed by atoms with Crippen LogP contribution in [-0.4, -0.2) is 25.9 Å². The minimum atomic E-state index is -4.53. The van der Waals surface area contributed by atoms with E-state index in [9.17, 15) is 25.9 Å². The Morgan fingerprint density at radius 2 is 1.11 bits per heavy atom. The van der Waals surface area contributed by atoms with E-state index < -0.39 is 20.2 Å². The first-order chi connectivity index (χ1) is 12.4. The van der Waals surface area contributed by atoms with Gasteiger partial charge in [-0.25, -0.2) is 0 Å². The summed E-state index contributed by atoms with van der Waals surface area (Å²) in [4.78, 5) is -0.726. The third-order valence-corrected chi connectivity index (χ3v) is 5.58. The van der Waals surface area contributed by atoms with Gasteiger partial charge >= 0.3 is 0 Å². The van der Waals surface area contributed by atoms with E-state index in [1.165, 1.54) is 19.9 Å². The first-order valence-corrected chi connectivity index (χ1v) is 11.8. The van der Waals surface area contributed by atoms with Crippen LogP contribution in [-0.2, 0) is 20.2 Å². The number of hydrogen-bond donors (Lipinski definition) is 2. The van der Waals surface area contributed by atoms with Crippen molar-refractivity contribution >= 4 is 31.0 Å². The maximum Gasteiger partial charge on any atom is 0.295 e. The van der Waals surface area contributed by atoms with Crippen molar-refractivity contribution in [3.05, 3.63) is 34.9 Å². The Bertz CT molecular complexity index is 960. The molecular weight excluding hydrogens is 388 g/mol. The predicted molar refractivity (Wildman–Crippen MR) is 112 cm³/mol. The molecule has 0 spiro atoms. The Kier molecular flexibility index (Phi) is 11.7. The van der Waals surface area contributed by atoms with E-state index in [-0.39, 0.29) is 20.7 Å². The highest BCUT2D eigenvalue weighted by Gasteiger charge is 2.23. The molecular formula is C19H32O6S2. The van der Waals surface area contributed by atoms with Crippen LogP contribution < -0.4 is 0 Å². The molecule has 27 heavy (non-hydrogen) atoms. The van der Waals surface area contributed by atoms with Gasteiger partial charge in [0.05, 0.1) is 4.90 Å². The van der Waals surface area contributed by atoms with Gasteiger partial charge in [-0.1, -0.05) is 53.7 Å². The van der Waals surface area contributed by atoms with Crippen LogP contribution in [0.5, 0.6) is 0 Å². The summed E-state index contributed by atoms with van der Waals surface area (Å²) in [5.41, 5.74) is 1.13. The van der Waals surface area contributed by atoms with E-state index in [1.807, 2.05) is 41.5 Å². The Balaban J connectivity index is 0. The van der Waals surface area contributed by atoms with Crippen molar-refractivity contribution in [1.82, 2.24) is 0 Å². The van der Waals surface area contributed by atoms with Crippen LogP contribution in [0, 0.1) is 20.8 Å². The highest BCUT2D eigenvalue weighted by atomic mass is 32.2. The largest absolute Gasteiger partial charge is 0.295 e. The maximum atomic E-state index is 11.6. The SMILES string of the molecule is CC.CC.CC.Cc1ccc2c(C)c(C)c(S(=O)(=O)O)cc2c1S(=O)(=O)O. The topological polar surface area (TPSA) is 109 Å². The second kappa shape index (κ2) is 11.4. The minimum Gasteiger partial charge on any atom is -0.282 e. The summed E-state index contributed by atoms with van der Waals surface area (Å²) in [6, 6.07) is 4.25. The number of aryl methyl sites for hydroxylation is 2. The normalized spacial score (nSPS) is 10.6. The third kappa shape index (κ3) is 6.57. The molecule has 2 aromatic rings. The van der Waals surface area contributed by atoms with Crippen molar-refractivity contribution in [2.75, 3.05) is 0 Å². The van der Waals surface area contributed by atoms with Crippen molar-refractivity contribution in [3.63, 3.8) is 0 Å². The van der Waals surface area contributed by atoms with Crippen molar-refractivity contribution < 1.29 is 25.9 Å². The van der Waals surface area contributed by atoms with Crippen LogP contribution in [0.1, 0.15) is 58.2 Å². The molecule has 8 heteroatoms. The van der Waals surface area contributed by atoms with Crippen molar-refractivity contribution in [2.45, 2.75) is 72.1 Å². The van der Waals surface area contributed by atoms with Crippen molar-refractivity contribution in [2.24, 2.45) is 0 Å². The fraction of sp³-hybridized carbons (Fsp3) is 0.474. The fourth-order valence-corrected chi connectivity index (χ4v) is 4.14. The summed E-state index contributed by atoms with van der Waals surface area (Å²) in [7, 11) is -9.03. The van der Waals surface area contributed by atoms with Gasteiger partial charge in [0.25, 0.3) is 20.2 Å². The minimum absolute atomic E-state index is 0.0632. The Labute approximate surface area is 164 Å². The molecule has 0 saturated heterocycles. The van der Waals surface area contributed by atoms with Gasteiger partial charge < -0.3 is 0 Å². The van der Waals surface area contributed by atoms with E-state index >= 15 is 0 Å². The van der Waals surface area contributed by atoms with Gasteiger partial charge in [-0.3, -0.25) is 9.11 Å². The van der Waals surface area contributed by atoms with E-state index in [4.69, 9.17) is 0 Å². The van der Waals surface area contributed by atoms with Crippen molar-refractivity contribution in [3.8, 4) is 0 Å². The van der Waals surface area contributed by atoms with Gasteiger partial charge in [0, 0.05) is 5.39 Å². The Morgan fingerprint density at radius 1 is 0.667 bits per heavy atom. The van der Waals surface area contributed by atoms with Gasteiger partial charge in [-0.2, -0.15) is 16.8 Å². The Hall–Kier alpha value is -1.48. The zero-order valence-corrected chi connectivity index (χ0v) is 19.2. The molecule has 0 atom stereocenters. The van der Waals surface area contributed by atoms with Crippen LogP contribution in [0.2, 0.25) is 0 Å². The lowest BCUT2D eigenvalue weighted by Crippen LogP contribution is -2.06. The quantitative estimate of drug-likeness (QED) is 0.635. The molecule has 2 N–H and O–H groups in total. The van der Waals surface area contributed by atoms with Gasteiger partial charge in [0.15, 0.2) is 0 Å². The van der Waals surface area contributed by atoms with Crippen LogP contribution in [0.3, 0.4) is 0 Å².